The molecule has 0 aliphatic carbocycles. The van der Waals surface area contributed by atoms with E-state index in [1.54, 1.807) is 28.1 Å². The van der Waals surface area contributed by atoms with E-state index in [-0.39, 0.29) is 30.0 Å². The van der Waals surface area contributed by atoms with E-state index in [4.69, 9.17) is 0 Å². The summed E-state index contributed by atoms with van der Waals surface area (Å²) in [6, 6.07) is 13.1. The van der Waals surface area contributed by atoms with E-state index in [1.807, 2.05) is 37.4 Å². The first kappa shape index (κ1) is 20.3. The predicted molar refractivity (Wildman–Crippen MR) is 114 cm³/mol. The van der Waals surface area contributed by atoms with Gasteiger partial charge in [0, 0.05) is 38.9 Å². The van der Waals surface area contributed by atoms with Crippen LogP contribution in [0.1, 0.15) is 34.8 Å². The first-order chi connectivity index (χ1) is 14.5. The highest BCUT2D eigenvalue weighted by atomic mass is 16.2. The van der Waals surface area contributed by atoms with Gasteiger partial charge in [0.15, 0.2) is 0 Å². The molecule has 0 radical (unpaired) electrons. The number of pyridine rings is 1. The number of carbonyl (C=O) groups excluding carboxylic acids is 2. The fraction of sp³-hybridized carbons (Fsp3) is 0.435. The van der Waals surface area contributed by atoms with Gasteiger partial charge in [-0.1, -0.05) is 30.3 Å². The van der Waals surface area contributed by atoms with Crippen molar-refractivity contribution >= 4 is 11.8 Å². The molecule has 0 saturated carbocycles. The Labute approximate surface area is 176 Å². The van der Waals surface area contributed by atoms with Crippen molar-refractivity contribution in [1.82, 2.24) is 19.3 Å². The van der Waals surface area contributed by atoms with Crippen molar-refractivity contribution in [3.05, 3.63) is 70.1 Å². The third-order valence-corrected chi connectivity index (χ3v) is 6.04. The molecule has 1 unspecified atom stereocenters. The van der Waals surface area contributed by atoms with Gasteiger partial charge in [0.25, 0.3) is 11.5 Å². The average Bonchev–Trinajstić information content (AvgIpc) is 3.30. The van der Waals surface area contributed by atoms with E-state index in [2.05, 4.69) is 4.90 Å². The number of likely N-dealkylation sites (tertiary alicyclic amines) is 1. The summed E-state index contributed by atoms with van der Waals surface area (Å²) in [4.78, 5) is 44.7. The largest absolute Gasteiger partial charge is 0.341 e. The summed E-state index contributed by atoms with van der Waals surface area (Å²) < 4.78 is 1.36. The van der Waals surface area contributed by atoms with Crippen LogP contribution in [0.2, 0.25) is 0 Å². The Hall–Kier alpha value is -2.93. The molecule has 2 aliphatic heterocycles. The fourth-order valence-corrected chi connectivity index (χ4v) is 4.31. The Morgan fingerprint density at radius 2 is 1.70 bits per heavy atom. The van der Waals surface area contributed by atoms with Gasteiger partial charge in [-0.25, -0.2) is 0 Å². The maximum Gasteiger partial charge on any atom is 0.263 e. The lowest BCUT2D eigenvalue weighted by Gasteiger charge is -2.40. The summed E-state index contributed by atoms with van der Waals surface area (Å²) in [5.74, 6) is -0.342. The van der Waals surface area contributed by atoms with Crippen molar-refractivity contribution in [3.63, 3.8) is 0 Å². The Morgan fingerprint density at radius 3 is 2.43 bits per heavy atom. The van der Waals surface area contributed by atoms with Crippen LogP contribution >= 0.6 is 0 Å². The van der Waals surface area contributed by atoms with Crippen LogP contribution in [0, 0.1) is 0 Å². The zero-order valence-corrected chi connectivity index (χ0v) is 17.4. The molecule has 1 aromatic carbocycles. The minimum atomic E-state index is -0.402. The Kier molecular flexibility index (Phi) is 5.99. The lowest BCUT2D eigenvalue weighted by Crippen LogP contribution is -2.50. The van der Waals surface area contributed by atoms with Crippen molar-refractivity contribution in [2.24, 2.45) is 0 Å². The molecular weight excluding hydrogens is 380 g/mol. The van der Waals surface area contributed by atoms with E-state index < -0.39 is 5.56 Å². The Bertz CT molecular complexity index is 966. The summed E-state index contributed by atoms with van der Waals surface area (Å²) in [7, 11) is 2.04. The van der Waals surface area contributed by atoms with Gasteiger partial charge in [-0.2, -0.15) is 0 Å². The maximum absolute atomic E-state index is 13.4. The number of benzene rings is 1. The van der Waals surface area contributed by atoms with Gasteiger partial charge < -0.3 is 19.3 Å². The smallest absolute Gasteiger partial charge is 0.263 e. The first-order valence-corrected chi connectivity index (χ1v) is 10.6. The second-order valence-electron chi connectivity index (χ2n) is 8.13. The van der Waals surface area contributed by atoms with Crippen molar-refractivity contribution in [1.29, 1.82) is 0 Å². The topological polar surface area (TPSA) is 65.9 Å². The Morgan fingerprint density at radius 1 is 0.967 bits per heavy atom. The van der Waals surface area contributed by atoms with Gasteiger partial charge in [-0.05, 0) is 37.6 Å². The minimum Gasteiger partial charge on any atom is -0.341 e. The molecular formula is C23H28N4O3. The van der Waals surface area contributed by atoms with Crippen LogP contribution in [0.25, 0.3) is 0 Å². The van der Waals surface area contributed by atoms with Crippen molar-refractivity contribution in [3.8, 4) is 0 Å². The Balaban J connectivity index is 1.59. The maximum atomic E-state index is 13.4. The highest BCUT2D eigenvalue weighted by Crippen LogP contribution is 2.26. The quantitative estimate of drug-likeness (QED) is 0.771. The molecule has 4 rings (SSSR count). The molecule has 0 N–H and O–H groups in total. The highest BCUT2D eigenvalue weighted by Gasteiger charge is 2.32. The molecule has 158 valence electrons. The van der Waals surface area contributed by atoms with Gasteiger partial charge in [0.1, 0.15) is 12.1 Å². The number of piperazine rings is 1. The number of rotatable bonds is 4. The second-order valence-corrected chi connectivity index (χ2v) is 8.13. The van der Waals surface area contributed by atoms with E-state index in [1.165, 1.54) is 4.57 Å². The number of hydrogen-bond acceptors (Lipinski definition) is 4. The van der Waals surface area contributed by atoms with Crippen LogP contribution in [-0.4, -0.2) is 70.9 Å². The molecule has 2 fully saturated rings. The summed E-state index contributed by atoms with van der Waals surface area (Å²) in [5, 5.41) is 0. The molecule has 30 heavy (non-hydrogen) atoms. The number of likely N-dealkylation sites (N-methyl/N-ethyl adjacent to an activating group) is 1. The van der Waals surface area contributed by atoms with E-state index in [9.17, 15) is 14.4 Å². The van der Waals surface area contributed by atoms with Crippen molar-refractivity contribution in [2.75, 3.05) is 39.8 Å². The number of nitrogens with zero attached hydrogens (tertiary/aromatic N) is 4. The molecule has 7 nitrogen and oxygen atoms in total. The molecule has 0 spiro atoms. The molecule has 1 atom stereocenters. The van der Waals surface area contributed by atoms with Crippen LogP contribution < -0.4 is 5.56 Å². The normalized spacial score (nSPS) is 19.8. The summed E-state index contributed by atoms with van der Waals surface area (Å²) in [6.45, 7) is 3.48. The first-order valence-electron chi connectivity index (χ1n) is 10.6. The van der Waals surface area contributed by atoms with Crippen LogP contribution in [0.3, 0.4) is 0 Å². The van der Waals surface area contributed by atoms with Crippen LogP contribution in [0.5, 0.6) is 0 Å². The number of hydrogen-bond donors (Lipinski definition) is 0. The summed E-state index contributed by atoms with van der Waals surface area (Å²) in [6.07, 6.45) is 3.60. The lowest BCUT2D eigenvalue weighted by molar-refractivity contribution is -0.130. The van der Waals surface area contributed by atoms with Crippen LogP contribution in [-0.2, 0) is 11.3 Å². The van der Waals surface area contributed by atoms with Crippen LogP contribution in [0.4, 0.5) is 0 Å². The third kappa shape index (κ3) is 4.16. The third-order valence-electron chi connectivity index (χ3n) is 6.04. The highest BCUT2D eigenvalue weighted by molar-refractivity contribution is 5.94. The lowest BCUT2D eigenvalue weighted by atomic mass is 10.0. The van der Waals surface area contributed by atoms with Gasteiger partial charge in [0.05, 0.1) is 6.04 Å². The molecule has 1 aromatic heterocycles. The van der Waals surface area contributed by atoms with E-state index >= 15 is 0 Å². The van der Waals surface area contributed by atoms with E-state index in [0.717, 1.165) is 38.0 Å². The fourth-order valence-electron chi connectivity index (χ4n) is 4.31. The monoisotopic (exact) mass is 408 g/mol. The standard InChI is InChI=1S/C23H28N4O3/c1-24-14-15-27(20(16-24)18-8-3-2-4-9-18)23(30)19-10-7-13-26(22(19)29)17-21(28)25-11-5-6-12-25/h2-4,7-10,13,20H,5-6,11-12,14-17H2,1H3. The minimum absolute atomic E-state index is 0.0230. The van der Waals surface area contributed by atoms with Gasteiger partial charge >= 0.3 is 0 Å². The molecule has 2 aliphatic rings. The van der Waals surface area contributed by atoms with Crippen molar-refractivity contribution < 1.29 is 9.59 Å². The SMILES string of the molecule is CN1CCN(C(=O)c2cccn(CC(=O)N3CCCC3)c2=O)C(c2ccccc2)C1. The average molecular weight is 409 g/mol. The molecule has 7 heteroatoms. The van der Waals surface area contributed by atoms with Crippen LogP contribution in [0.15, 0.2) is 53.5 Å². The second kappa shape index (κ2) is 8.83. The van der Waals surface area contributed by atoms with Crippen molar-refractivity contribution in [2.45, 2.75) is 25.4 Å². The zero-order valence-electron chi connectivity index (χ0n) is 17.4. The van der Waals surface area contributed by atoms with Gasteiger partial charge in [-0.3, -0.25) is 14.4 Å². The van der Waals surface area contributed by atoms with Gasteiger partial charge in [0.2, 0.25) is 5.91 Å². The summed E-state index contributed by atoms with van der Waals surface area (Å²) in [5.41, 5.74) is 0.774. The van der Waals surface area contributed by atoms with E-state index in [0.29, 0.717) is 13.1 Å². The number of aromatic nitrogens is 1. The zero-order chi connectivity index (χ0) is 21.1. The predicted octanol–water partition coefficient (Wildman–Crippen LogP) is 1.60. The summed E-state index contributed by atoms with van der Waals surface area (Å²) >= 11 is 0. The molecule has 3 heterocycles. The number of carbonyl (C=O) groups is 2. The number of amides is 2. The molecule has 0 bridgehead atoms. The molecule has 2 amide bonds. The van der Waals surface area contributed by atoms with Gasteiger partial charge in [-0.15, -0.1) is 0 Å². The molecule has 2 saturated heterocycles. The molecule has 2 aromatic rings.